The summed E-state index contributed by atoms with van der Waals surface area (Å²) in [6.45, 7) is 1.88. The minimum Gasteiger partial charge on any atom is -0.306 e. The Morgan fingerprint density at radius 1 is 1.33 bits per heavy atom. The summed E-state index contributed by atoms with van der Waals surface area (Å²) in [6.07, 6.45) is 8.59. The minimum atomic E-state index is -3.74. The lowest BCUT2D eigenvalue weighted by atomic mass is 9.86. The van der Waals surface area contributed by atoms with Crippen LogP contribution in [0.15, 0.2) is 0 Å². The zero-order valence-electron chi connectivity index (χ0n) is 9.58. The molecule has 0 aromatic carbocycles. The molecule has 1 saturated carbocycles. The lowest BCUT2D eigenvalue weighted by molar-refractivity contribution is 0.254. The van der Waals surface area contributed by atoms with Crippen LogP contribution in [0.5, 0.6) is 0 Å². The van der Waals surface area contributed by atoms with Crippen LogP contribution < -0.4 is 0 Å². The summed E-state index contributed by atoms with van der Waals surface area (Å²) in [7, 11) is -3.74. The van der Waals surface area contributed by atoms with Crippen molar-refractivity contribution in [1.82, 2.24) is 0 Å². The molecular weight excluding hydrogens is 214 g/mol. The molecule has 0 heterocycles. The first kappa shape index (κ1) is 13.2. The molecular formula is C11H22FO2P. The van der Waals surface area contributed by atoms with Gasteiger partial charge in [0.25, 0.3) is 0 Å². The van der Waals surface area contributed by atoms with E-state index in [-0.39, 0.29) is 6.16 Å². The van der Waals surface area contributed by atoms with Crippen LogP contribution in [0.4, 0.5) is 4.20 Å². The van der Waals surface area contributed by atoms with Crippen LogP contribution in [-0.4, -0.2) is 12.8 Å². The highest BCUT2D eigenvalue weighted by atomic mass is 31.2. The average molecular weight is 236 g/mol. The third kappa shape index (κ3) is 5.67. The van der Waals surface area contributed by atoms with Crippen LogP contribution in [0.2, 0.25) is 0 Å². The summed E-state index contributed by atoms with van der Waals surface area (Å²) in [5, 5.41) is 0. The topological polar surface area (TPSA) is 26.3 Å². The Kier molecular flexibility index (Phi) is 5.84. The SMILES string of the molecule is CCP(=O)(F)OCCCC1CCCCC1. The predicted octanol–water partition coefficient (Wildman–Crippen LogP) is 4.55. The fourth-order valence-corrected chi connectivity index (χ4v) is 2.72. The third-order valence-corrected chi connectivity index (χ3v) is 4.47. The monoisotopic (exact) mass is 236 g/mol. The van der Waals surface area contributed by atoms with Crippen molar-refractivity contribution < 1.29 is 13.3 Å². The highest BCUT2D eigenvalue weighted by Crippen LogP contribution is 2.48. The Morgan fingerprint density at radius 2 is 2.00 bits per heavy atom. The molecule has 15 heavy (non-hydrogen) atoms. The van der Waals surface area contributed by atoms with E-state index in [1.807, 2.05) is 0 Å². The normalized spacial score (nSPS) is 22.5. The molecule has 90 valence electrons. The molecule has 0 aliphatic heterocycles. The fraction of sp³-hybridized carbons (Fsp3) is 1.00. The first-order chi connectivity index (χ1) is 7.14. The van der Waals surface area contributed by atoms with Crippen molar-refractivity contribution in [3.05, 3.63) is 0 Å². The summed E-state index contributed by atoms with van der Waals surface area (Å²) in [6, 6.07) is 0. The van der Waals surface area contributed by atoms with Gasteiger partial charge in [-0.3, -0.25) is 4.57 Å². The molecule has 2 nitrogen and oxygen atoms in total. The molecule has 1 unspecified atom stereocenters. The molecule has 0 radical (unpaired) electrons. The van der Waals surface area contributed by atoms with Crippen LogP contribution in [0.25, 0.3) is 0 Å². The highest BCUT2D eigenvalue weighted by molar-refractivity contribution is 7.53. The van der Waals surface area contributed by atoms with E-state index in [0.29, 0.717) is 6.61 Å². The molecule has 0 saturated heterocycles. The Morgan fingerprint density at radius 3 is 2.60 bits per heavy atom. The molecule has 1 fully saturated rings. The van der Waals surface area contributed by atoms with E-state index in [0.717, 1.165) is 18.8 Å². The van der Waals surface area contributed by atoms with Crippen molar-refractivity contribution in [2.45, 2.75) is 51.9 Å². The van der Waals surface area contributed by atoms with Crippen molar-refractivity contribution in [3.63, 3.8) is 0 Å². The van der Waals surface area contributed by atoms with Gasteiger partial charge in [-0.1, -0.05) is 39.0 Å². The van der Waals surface area contributed by atoms with Crippen molar-refractivity contribution in [2.75, 3.05) is 12.8 Å². The summed E-state index contributed by atoms with van der Waals surface area (Å²) < 4.78 is 28.6. The van der Waals surface area contributed by atoms with Gasteiger partial charge in [0.1, 0.15) is 0 Å². The number of halogens is 1. The highest BCUT2D eigenvalue weighted by Gasteiger charge is 2.18. The van der Waals surface area contributed by atoms with Crippen molar-refractivity contribution in [1.29, 1.82) is 0 Å². The molecule has 1 aliphatic rings. The Hall–Kier alpha value is 0.120. The molecule has 0 bridgehead atoms. The standard InChI is InChI=1S/C11H22FO2P/c1-2-15(12,13)14-10-6-9-11-7-4-3-5-8-11/h11H,2-10H2,1H3. The second kappa shape index (κ2) is 6.65. The second-order valence-electron chi connectivity index (χ2n) is 4.39. The van der Waals surface area contributed by atoms with Gasteiger partial charge >= 0.3 is 7.68 Å². The van der Waals surface area contributed by atoms with Crippen LogP contribution in [0, 0.1) is 5.92 Å². The predicted molar refractivity (Wildman–Crippen MR) is 61.0 cm³/mol. The largest absolute Gasteiger partial charge is 0.367 e. The van der Waals surface area contributed by atoms with E-state index in [9.17, 15) is 8.76 Å². The zero-order chi connectivity index (χ0) is 11.1. The van der Waals surface area contributed by atoms with E-state index in [1.54, 1.807) is 6.92 Å². The molecule has 0 amide bonds. The van der Waals surface area contributed by atoms with E-state index < -0.39 is 7.68 Å². The van der Waals surface area contributed by atoms with Crippen molar-refractivity contribution >= 4 is 7.68 Å². The van der Waals surface area contributed by atoms with Crippen LogP contribution in [0.1, 0.15) is 51.9 Å². The first-order valence-corrected chi connectivity index (χ1v) is 7.77. The Balaban J connectivity index is 2.03. The van der Waals surface area contributed by atoms with Crippen LogP contribution in [-0.2, 0) is 9.09 Å². The lowest BCUT2D eigenvalue weighted by Gasteiger charge is -2.21. The van der Waals surface area contributed by atoms with Gasteiger partial charge in [-0.25, -0.2) is 0 Å². The number of rotatable bonds is 6. The molecule has 0 aromatic heterocycles. The molecule has 4 heteroatoms. The molecule has 1 atom stereocenters. The summed E-state index contributed by atoms with van der Waals surface area (Å²) in [4.78, 5) is 0. The molecule has 0 N–H and O–H groups in total. The minimum absolute atomic E-state index is 0.00354. The fourth-order valence-electron chi connectivity index (χ4n) is 2.14. The quantitative estimate of drug-likeness (QED) is 0.499. The van der Waals surface area contributed by atoms with Gasteiger partial charge < -0.3 is 4.52 Å². The van der Waals surface area contributed by atoms with Gasteiger partial charge in [-0.05, 0) is 18.8 Å². The zero-order valence-corrected chi connectivity index (χ0v) is 10.5. The van der Waals surface area contributed by atoms with E-state index in [2.05, 4.69) is 0 Å². The lowest BCUT2D eigenvalue weighted by Crippen LogP contribution is -2.07. The third-order valence-electron chi connectivity index (χ3n) is 3.14. The van der Waals surface area contributed by atoms with Crippen LogP contribution >= 0.6 is 7.68 Å². The smallest absolute Gasteiger partial charge is 0.306 e. The van der Waals surface area contributed by atoms with E-state index in [1.165, 1.54) is 32.1 Å². The first-order valence-electron chi connectivity index (χ1n) is 6.07. The Bertz CT molecular complexity index is 215. The summed E-state index contributed by atoms with van der Waals surface area (Å²) in [5.74, 6) is 0.794. The average Bonchev–Trinajstić information content (AvgIpc) is 2.26. The molecule has 1 aliphatic carbocycles. The second-order valence-corrected chi connectivity index (χ2v) is 6.46. The summed E-state index contributed by atoms with van der Waals surface area (Å²) in [5.41, 5.74) is 0. The van der Waals surface area contributed by atoms with E-state index >= 15 is 0 Å². The molecule has 0 aromatic rings. The van der Waals surface area contributed by atoms with Gasteiger partial charge in [-0.15, -0.1) is 0 Å². The van der Waals surface area contributed by atoms with Crippen LogP contribution in [0.3, 0.4) is 0 Å². The van der Waals surface area contributed by atoms with Gasteiger partial charge in [0.2, 0.25) is 0 Å². The molecule has 0 spiro atoms. The van der Waals surface area contributed by atoms with Gasteiger partial charge in [0, 0.05) is 0 Å². The van der Waals surface area contributed by atoms with Gasteiger partial charge in [-0.2, -0.15) is 4.20 Å². The maximum Gasteiger partial charge on any atom is 0.367 e. The maximum absolute atomic E-state index is 12.9. The van der Waals surface area contributed by atoms with Crippen molar-refractivity contribution in [3.8, 4) is 0 Å². The van der Waals surface area contributed by atoms with E-state index in [4.69, 9.17) is 4.52 Å². The van der Waals surface area contributed by atoms with Gasteiger partial charge in [0.05, 0.1) is 12.8 Å². The molecule has 1 rings (SSSR count). The van der Waals surface area contributed by atoms with Gasteiger partial charge in [0.15, 0.2) is 0 Å². The Labute approximate surface area is 92.2 Å². The number of hydrogen-bond acceptors (Lipinski definition) is 2. The number of hydrogen-bond donors (Lipinski definition) is 0. The van der Waals surface area contributed by atoms with Crippen molar-refractivity contribution in [2.24, 2.45) is 5.92 Å². The maximum atomic E-state index is 12.9. The summed E-state index contributed by atoms with van der Waals surface area (Å²) >= 11 is 0.